The van der Waals surface area contributed by atoms with Crippen LogP contribution in [0.2, 0.25) is 18.1 Å². The molecule has 0 unspecified atom stereocenters. The van der Waals surface area contributed by atoms with Crippen molar-refractivity contribution in [2.24, 2.45) is 0 Å². The molecule has 0 aliphatic carbocycles. The molecule has 0 saturated heterocycles. The van der Waals surface area contributed by atoms with E-state index in [4.69, 9.17) is 0 Å². The molecule has 0 aromatic carbocycles. The van der Waals surface area contributed by atoms with E-state index in [-0.39, 0.29) is 0 Å². The zero-order chi connectivity index (χ0) is 17.3. The molecule has 0 fully saturated rings. The van der Waals surface area contributed by atoms with Gasteiger partial charge in [-0.2, -0.15) is 5.57 Å². The van der Waals surface area contributed by atoms with Crippen molar-refractivity contribution in [2.45, 2.75) is 116 Å². The van der Waals surface area contributed by atoms with E-state index in [0.29, 0.717) is 5.04 Å². The molecule has 136 valence electrons. The topological polar surface area (TPSA) is 2.70 Å². The molecule has 0 bridgehead atoms. The summed E-state index contributed by atoms with van der Waals surface area (Å²) in [5.41, 5.74) is 1.56. The summed E-state index contributed by atoms with van der Waals surface area (Å²) in [7, 11) is -1.47. The smallest absolute Gasteiger partial charge is 0.400 e. The molecule has 0 atom stereocenters. The fraction of sp³-hybridized carbons (Fsp3) is 0.905. The molecule has 0 N–H and O–H groups in total. The Balaban J connectivity index is 2.16. The summed E-state index contributed by atoms with van der Waals surface area (Å²) in [6.45, 7) is 15.5. The summed E-state index contributed by atoms with van der Waals surface area (Å²) in [6, 6.07) is 0. The highest BCUT2D eigenvalue weighted by atomic mass is 28.4. The molecular formula is C21H42OSi. The molecule has 1 rings (SSSR count). The first-order valence-corrected chi connectivity index (χ1v) is 13.0. The third kappa shape index (κ3) is 7.03. The van der Waals surface area contributed by atoms with E-state index in [1.807, 2.05) is 0 Å². The van der Waals surface area contributed by atoms with Crippen molar-refractivity contribution in [3.8, 4) is 0 Å². The van der Waals surface area contributed by atoms with Crippen molar-refractivity contribution in [1.29, 1.82) is 0 Å². The van der Waals surface area contributed by atoms with Crippen molar-refractivity contribution >= 4 is 8.32 Å². The first kappa shape index (κ1) is 20.8. The van der Waals surface area contributed by atoms with Crippen molar-refractivity contribution in [1.82, 2.24) is 0 Å². The lowest BCUT2D eigenvalue weighted by atomic mass is 10.0. The Hall–Kier alpha value is -0.243. The number of unbranched alkanes of at least 4 members (excludes halogenated alkanes) is 8. The van der Waals surface area contributed by atoms with Crippen LogP contribution in [-0.2, 0) is 4.06 Å². The highest BCUT2D eigenvalue weighted by molar-refractivity contribution is 6.75. The molecule has 2 heteroatoms. The van der Waals surface area contributed by atoms with Crippen LogP contribution in [0.25, 0.3) is 0 Å². The second-order valence-electron chi connectivity index (χ2n) is 8.89. The van der Waals surface area contributed by atoms with Crippen LogP contribution in [0.1, 0.15) is 98.3 Å². The van der Waals surface area contributed by atoms with Crippen LogP contribution in [0.3, 0.4) is 0 Å². The fourth-order valence-electron chi connectivity index (χ4n) is 3.08. The molecule has 0 spiro atoms. The minimum atomic E-state index is -1.47. The summed E-state index contributed by atoms with van der Waals surface area (Å²) in [4.78, 5) is 0. The largest absolute Gasteiger partial charge is 0.843 e. The van der Waals surface area contributed by atoms with Gasteiger partial charge in [0, 0.05) is 24.6 Å². The van der Waals surface area contributed by atoms with Crippen LogP contribution in [-0.4, -0.2) is 14.9 Å². The van der Waals surface area contributed by atoms with Crippen molar-refractivity contribution in [2.75, 3.05) is 6.61 Å². The Morgan fingerprint density at radius 3 is 1.96 bits per heavy atom. The van der Waals surface area contributed by atoms with Crippen LogP contribution in [0.5, 0.6) is 0 Å². The molecule has 0 saturated carbocycles. The minimum absolute atomic E-state index is 0.387. The lowest BCUT2D eigenvalue weighted by Crippen LogP contribution is -2.46. The van der Waals surface area contributed by atoms with Gasteiger partial charge >= 0.3 is 8.32 Å². The van der Waals surface area contributed by atoms with E-state index in [9.17, 15) is 0 Å². The predicted molar refractivity (Wildman–Crippen MR) is 106 cm³/mol. The van der Waals surface area contributed by atoms with Gasteiger partial charge in [0.1, 0.15) is 6.61 Å². The normalized spacial score (nSPS) is 16.1. The van der Waals surface area contributed by atoms with Gasteiger partial charge in [-0.05, 0) is 0 Å². The molecule has 1 aliphatic heterocycles. The zero-order valence-electron chi connectivity index (χ0n) is 16.9. The number of hydrogen-bond donors (Lipinski definition) is 0. The number of hydrogen-bond acceptors (Lipinski definition) is 0. The predicted octanol–water partition coefficient (Wildman–Crippen LogP) is 7.56. The highest BCUT2D eigenvalue weighted by Crippen LogP contribution is 2.43. The highest BCUT2D eigenvalue weighted by Gasteiger charge is 2.47. The molecular weight excluding hydrogens is 296 g/mol. The van der Waals surface area contributed by atoms with Crippen molar-refractivity contribution in [3.05, 3.63) is 11.8 Å². The molecule has 23 heavy (non-hydrogen) atoms. The summed E-state index contributed by atoms with van der Waals surface area (Å²) in [5.74, 6) is 0. The lowest BCUT2D eigenvalue weighted by Gasteiger charge is -2.49. The quantitative estimate of drug-likeness (QED) is 0.158. The molecule has 0 radical (unpaired) electrons. The standard InChI is InChI=1S/C21H42OSi/c1-7-8-9-10-11-12-13-14-15-16-20-17-18-22(19-20)23(5,6)21(2,3)4/h7-18H2,1-6H3. The monoisotopic (exact) mass is 338 g/mol. The Kier molecular flexibility index (Phi) is 8.96. The van der Waals surface area contributed by atoms with Gasteiger partial charge in [0.05, 0.1) is 0 Å². The Morgan fingerprint density at radius 1 is 0.913 bits per heavy atom. The zero-order valence-corrected chi connectivity index (χ0v) is 17.9. The summed E-state index contributed by atoms with van der Waals surface area (Å²) in [5, 5.41) is 0.387. The first-order valence-electron chi connectivity index (χ1n) is 10.1. The second-order valence-corrected chi connectivity index (χ2v) is 13.9. The first-order chi connectivity index (χ1) is 10.8. The molecule has 1 heterocycles. The second kappa shape index (κ2) is 9.91. The van der Waals surface area contributed by atoms with E-state index >= 15 is 0 Å². The molecule has 0 amide bonds. The summed E-state index contributed by atoms with van der Waals surface area (Å²) >= 11 is 0. The van der Waals surface area contributed by atoms with Crippen LogP contribution in [0.4, 0.5) is 0 Å². The third-order valence-electron chi connectivity index (χ3n) is 5.88. The SMILES string of the molecule is CCCCCCCCCCCC1=[C-][O+]([Si](C)(C)C(C)(C)C)CC1. The van der Waals surface area contributed by atoms with Gasteiger partial charge in [0.15, 0.2) is 0 Å². The van der Waals surface area contributed by atoms with E-state index in [1.165, 1.54) is 70.6 Å². The maximum absolute atomic E-state index is 3.69. The molecule has 0 aromatic rings. The lowest BCUT2D eigenvalue weighted by molar-refractivity contribution is 0.0852. The Morgan fingerprint density at radius 2 is 1.43 bits per heavy atom. The van der Waals surface area contributed by atoms with Gasteiger partial charge < -0.3 is 4.06 Å². The van der Waals surface area contributed by atoms with Gasteiger partial charge in [-0.15, -0.1) is 6.26 Å². The molecule has 0 aromatic heterocycles. The van der Waals surface area contributed by atoms with E-state index in [1.54, 1.807) is 5.57 Å². The van der Waals surface area contributed by atoms with Crippen LogP contribution in [0.15, 0.2) is 5.57 Å². The average molecular weight is 339 g/mol. The maximum atomic E-state index is 3.69. The Bertz CT molecular complexity index is 351. The summed E-state index contributed by atoms with van der Waals surface area (Å²) in [6.07, 6.45) is 19.0. The van der Waals surface area contributed by atoms with Crippen LogP contribution in [0, 0.1) is 6.26 Å². The van der Waals surface area contributed by atoms with Gasteiger partial charge in [-0.25, -0.2) is 0 Å². The van der Waals surface area contributed by atoms with Crippen LogP contribution < -0.4 is 0 Å². The summed E-state index contributed by atoms with van der Waals surface area (Å²) < 4.78 is 3.51. The van der Waals surface area contributed by atoms with Crippen molar-refractivity contribution in [3.63, 3.8) is 0 Å². The van der Waals surface area contributed by atoms with Gasteiger partial charge in [0.25, 0.3) is 0 Å². The third-order valence-corrected chi connectivity index (χ3v) is 11.0. The van der Waals surface area contributed by atoms with Crippen molar-refractivity contribution < 1.29 is 4.06 Å². The van der Waals surface area contributed by atoms with E-state index < -0.39 is 8.32 Å². The van der Waals surface area contributed by atoms with E-state index in [2.05, 4.69) is 51.1 Å². The number of rotatable bonds is 11. The molecule has 1 nitrogen and oxygen atoms in total. The molecule has 1 aliphatic rings. The average Bonchev–Trinajstić information content (AvgIpc) is 2.94. The van der Waals surface area contributed by atoms with Gasteiger partial charge in [0.2, 0.25) is 0 Å². The van der Waals surface area contributed by atoms with Gasteiger partial charge in [-0.1, -0.05) is 91.9 Å². The van der Waals surface area contributed by atoms with Crippen LogP contribution >= 0.6 is 0 Å². The minimum Gasteiger partial charge on any atom is -0.843 e. The fourth-order valence-corrected chi connectivity index (χ4v) is 4.83. The van der Waals surface area contributed by atoms with E-state index in [0.717, 1.165) is 6.61 Å². The maximum Gasteiger partial charge on any atom is 0.400 e. The Labute approximate surface area is 147 Å². The van der Waals surface area contributed by atoms with Gasteiger partial charge in [-0.3, -0.25) is 0 Å².